The summed E-state index contributed by atoms with van der Waals surface area (Å²) in [6.45, 7) is 7.07. The van der Waals surface area contributed by atoms with Gasteiger partial charge < -0.3 is 15.1 Å². The van der Waals surface area contributed by atoms with Crippen molar-refractivity contribution in [3.8, 4) is 0 Å². The summed E-state index contributed by atoms with van der Waals surface area (Å²) in [6.07, 6.45) is 0.931. The largest absolute Gasteiger partial charge is 0.369 e. The summed E-state index contributed by atoms with van der Waals surface area (Å²) in [5.41, 5.74) is 2.29. The van der Waals surface area contributed by atoms with E-state index in [1.807, 2.05) is 0 Å². The average molecular weight is 378 g/mol. The van der Waals surface area contributed by atoms with Crippen LogP contribution in [0, 0.1) is 11.3 Å². The molecule has 4 aliphatic heterocycles. The maximum Gasteiger partial charge on any atom is 0.224 e. The number of fused-ring (bicyclic) bond motifs is 4. The van der Waals surface area contributed by atoms with Crippen molar-refractivity contribution in [3.05, 3.63) is 24.3 Å². The first-order chi connectivity index (χ1) is 12.3. The predicted molar refractivity (Wildman–Crippen MR) is 103 cm³/mol. The van der Waals surface area contributed by atoms with Gasteiger partial charge in [-0.3, -0.25) is 4.79 Å². The second-order valence-corrected chi connectivity index (χ2v) is 10.8. The number of rotatable bonds is 2. The number of carbonyl (C=O) groups is 1. The highest BCUT2D eigenvalue weighted by Gasteiger charge is 2.46. The molecule has 4 saturated heterocycles. The fourth-order valence-electron chi connectivity index (χ4n) is 4.64. The normalized spacial score (nSPS) is 30.0. The van der Waals surface area contributed by atoms with Crippen LogP contribution in [0.5, 0.6) is 0 Å². The molecule has 2 atom stereocenters. The molecule has 2 bridgehead atoms. The minimum atomic E-state index is -2.87. The van der Waals surface area contributed by atoms with E-state index in [2.05, 4.69) is 53.2 Å². The number of nitrogens with one attached hydrogen (secondary N) is 1. The summed E-state index contributed by atoms with van der Waals surface area (Å²) >= 11 is 0. The molecule has 0 aromatic heterocycles. The maximum absolute atomic E-state index is 12.3. The van der Waals surface area contributed by atoms with Gasteiger partial charge in [-0.25, -0.2) is 8.42 Å². The number of sulfone groups is 1. The van der Waals surface area contributed by atoms with Crippen LogP contribution >= 0.6 is 0 Å². The van der Waals surface area contributed by atoms with Gasteiger partial charge in [-0.05, 0) is 36.1 Å². The molecular formula is C19H27N3O3S. The summed E-state index contributed by atoms with van der Waals surface area (Å²) < 4.78 is 23.2. The van der Waals surface area contributed by atoms with Crippen LogP contribution in [0.15, 0.2) is 24.3 Å². The van der Waals surface area contributed by atoms with Gasteiger partial charge in [-0.2, -0.15) is 0 Å². The summed E-state index contributed by atoms with van der Waals surface area (Å²) in [6, 6.07) is 8.66. The van der Waals surface area contributed by atoms with Gasteiger partial charge in [0.15, 0.2) is 9.84 Å². The number of benzene rings is 1. The van der Waals surface area contributed by atoms with Gasteiger partial charge in [-0.15, -0.1) is 0 Å². The molecule has 4 heterocycles. The first-order valence-electron chi connectivity index (χ1n) is 9.35. The Morgan fingerprint density at radius 3 is 2.35 bits per heavy atom. The molecule has 26 heavy (non-hydrogen) atoms. The van der Waals surface area contributed by atoms with E-state index in [0.29, 0.717) is 19.6 Å². The zero-order valence-electron chi connectivity index (χ0n) is 15.4. The first-order valence-corrected chi connectivity index (χ1v) is 11.2. The Morgan fingerprint density at radius 1 is 1.08 bits per heavy atom. The monoisotopic (exact) mass is 377 g/mol. The van der Waals surface area contributed by atoms with Gasteiger partial charge in [0.1, 0.15) is 0 Å². The number of piperidine rings is 1. The van der Waals surface area contributed by atoms with Crippen molar-refractivity contribution in [3.63, 3.8) is 0 Å². The van der Waals surface area contributed by atoms with Crippen LogP contribution in [0.25, 0.3) is 0 Å². The van der Waals surface area contributed by atoms with E-state index >= 15 is 0 Å². The second-order valence-electron chi connectivity index (χ2n) is 8.46. The summed E-state index contributed by atoms with van der Waals surface area (Å²) in [7, 11) is -2.87. The third kappa shape index (κ3) is 3.17. The van der Waals surface area contributed by atoms with Gasteiger partial charge in [0.05, 0.1) is 23.5 Å². The number of anilines is 2. The lowest BCUT2D eigenvalue weighted by Gasteiger charge is -2.47. The Balaban J connectivity index is 1.54. The Bertz CT molecular complexity index is 790. The lowest BCUT2D eigenvalue weighted by Crippen LogP contribution is -2.53. The van der Waals surface area contributed by atoms with E-state index in [4.69, 9.17) is 0 Å². The molecular weight excluding hydrogens is 350 g/mol. The quantitative estimate of drug-likeness (QED) is 0.841. The molecule has 4 fully saturated rings. The second kappa shape index (κ2) is 6.15. The van der Waals surface area contributed by atoms with Gasteiger partial charge in [0.25, 0.3) is 0 Å². The molecule has 0 spiro atoms. The Hall–Kier alpha value is -1.76. The van der Waals surface area contributed by atoms with Gasteiger partial charge >= 0.3 is 0 Å². The molecule has 7 heteroatoms. The highest BCUT2D eigenvalue weighted by molar-refractivity contribution is 7.91. The number of hydrogen-bond acceptors (Lipinski definition) is 5. The van der Waals surface area contributed by atoms with Crippen LogP contribution in [0.3, 0.4) is 0 Å². The van der Waals surface area contributed by atoms with Crippen molar-refractivity contribution in [2.24, 2.45) is 11.3 Å². The molecule has 5 rings (SSSR count). The van der Waals surface area contributed by atoms with Crippen molar-refractivity contribution >= 4 is 27.1 Å². The first kappa shape index (κ1) is 17.6. The minimum Gasteiger partial charge on any atom is -0.369 e. The number of carbonyl (C=O) groups excluding carboxylic acids is 1. The van der Waals surface area contributed by atoms with E-state index in [1.165, 1.54) is 0 Å². The third-order valence-corrected chi connectivity index (χ3v) is 7.81. The third-order valence-electron chi connectivity index (χ3n) is 6.20. The molecule has 1 amide bonds. The van der Waals surface area contributed by atoms with Gasteiger partial charge in [-0.1, -0.05) is 13.8 Å². The smallest absolute Gasteiger partial charge is 0.224 e. The van der Waals surface area contributed by atoms with E-state index in [-0.39, 0.29) is 34.8 Å². The van der Waals surface area contributed by atoms with Gasteiger partial charge in [0, 0.05) is 37.6 Å². The fraction of sp³-hybridized carbons (Fsp3) is 0.632. The molecule has 6 nitrogen and oxygen atoms in total. The van der Waals surface area contributed by atoms with Crippen molar-refractivity contribution in [2.75, 3.05) is 47.5 Å². The molecule has 142 valence electrons. The van der Waals surface area contributed by atoms with Crippen LogP contribution in [-0.2, 0) is 14.6 Å². The highest BCUT2D eigenvalue weighted by Crippen LogP contribution is 2.42. The standard InChI is InChI=1S/C19H27N3O3S/c1-19(2)11-14-13-22(17(19)12-20-18(14)23)16-5-3-15(4-6-16)21-7-9-26(24,25)10-8-21/h3-6,14,17H,7-13H2,1-2H3,(H,20,23)/t14-,17?/m1/s1. The maximum atomic E-state index is 12.3. The Kier molecular flexibility index (Phi) is 4.17. The highest BCUT2D eigenvalue weighted by atomic mass is 32.2. The molecule has 4 aliphatic rings. The van der Waals surface area contributed by atoms with Gasteiger partial charge in [0.2, 0.25) is 5.91 Å². The molecule has 1 aromatic rings. The van der Waals surface area contributed by atoms with Crippen molar-refractivity contribution < 1.29 is 13.2 Å². The zero-order valence-corrected chi connectivity index (χ0v) is 16.3. The molecule has 0 saturated carbocycles. The number of hydrogen-bond donors (Lipinski definition) is 1. The van der Waals surface area contributed by atoms with Crippen LogP contribution < -0.4 is 15.1 Å². The van der Waals surface area contributed by atoms with Crippen molar-refractivity contribution in [2.45, 2.75) is 26.3 Å². The van der Waals surface area contributed by atoms with Crippen LogP contribution in [0.2, 0.25) is 0 Å². The molecule has 0 aliphatic carbocycles. The average Bonchev–Trinajstić information content (AvgIpc) is 2.81. The summed E-state index contributed by atoms with van der Waals surface area (Å²) in [5.74, 6) is 0.670. The minimum absolute atomic E-state index is 0.0377. The number of amides is 1. The van der Waals surface area contributed by atoms with Crippen molar-refractivity contribution in [1.82, 2.24) is 5.32 Å². The molecule has 1 unspecified atom stereocenters. The van der Waals surface area contributed by atoms with E-state index < -0.39 is 9.84 Å². The topological polar surface area (TPSA) is 69.7 Å². The Morgan fingerprint density at radius 2 is 1.69 bits per heavy atom. The predicted octanol–water partition coefficient (Wildman–Crippen LogP) is 1.27. The van der Waals surface area contributed by atoms with Crippen molar-refractivity contribution in [1.29, 1.82) is 0 Å². The Labute approximate surface area is 155 Å². The molecule has 0 radical (unpaired) electrons. The lowest BCUT2D eigenvalue weighted by molar-refractivity contribution is -0.124. The van der Waals surface area contributed by atoms with Crippen LogP contribution in [-0.4, -0.2) is 58.1 Å². The van der Waals surface area contributed by atoms with E-state index in [1.54, 1.807) is 0 Å². The lowest BCUT2D eigenvalue weighted by atomic mass is 9.73. The van der Waals surface area contributed by atoms with Crippen LogP contribution in [0.4, 0.5) is 11.4 Å². The summed E-state index contributed by atoms with van der Waals surface area (Å²) in [5, 5.41) is 3.09. The molecule has 1 aromatic carbocycles. The van der Waals surface area contributed by atoms with E-state index in [0.717, 1.165) is 24.3 Å². The SMILES string of the molecule is CC1(C)C[C@@H]2CN(c3ccc(N4CCS(=O)(=O)CC4)cc3)C1CNC2=O. The summed E-state index contributed by atoms with van der Waals surface area (Å²) in [4.78, 5) is 16.8. The van der Waals surface area contributed by atoms with Crippen LogP contribution in [0.1, 0.15) is 20.3 Å². The molecule has 1 N–H and O–H groups in total. The fourth-order valence-corrected chi connectivity index (χ4v) is 5.84. The zero-order chi connectivity index (χ0) is 18.5. The number of nitrogens with zero attached hydrogens (tertiary/aromatic N) is 2. The van der Waals surface area contributed by atoms with E-state index in [9.17, 15) is 13.2 Å².